The summed E-state index contributed by atoms with van der Waals surface area (Å²) in [5.41, 5.74) is 5.61. The van der Waals surface area contributed by atoms with Gasteiger partial charge in [-0.2, -0.15) is 0 Å². The lowest BCUT2D eigenvalue weighted by Gasteiger charge is -2.24. The number of aryl methyl sites for hydroxylation is 1. The van der Waals surface area contributed by atoms with Crippen molar-refractivity contribution in [1.29, 1.82) is 0 Å². The van der Waals surface area contributed by atoms with E-state index in [2.05, 4.69) is 20.9 Å². The lowest BCUT2D eigenvalue weighted by Crippen LogP contribution is -2.45. The van der Waals surface area contributed by atoms with E-state index < -0.39 is 11.5 Å². The van der Waals surface area contributed by atoms with Crippen molar-refractivity contribution in [2.45, 2.75) is 39.3 Å². The van der Waals surface area contributed by atoms with Gasteiger partial charge in [-0.15, -0.1) is 0 Å². The Morgan fingerprint density at radius 3 is 2.53 bits per heavy atom. The molecule has 0 saturated carbocycles. The van der Waals surface area contributed by atoms with Crippen LogP contribution in [0, 0.1) is 19.7 Å². The molecule has 5 rings (SSSR count). The maximum atomic E-state index is 15.5. The van der Waals surface area contributed by atoms with Gasteiger partial charge in [0.2, 0.25) is 5.91 Å². The molecule has 10 heteroatoms. The van der Waals surface area contributed by atoms with Crippen LogP contribution in [0.5, 0.6) is 5.75 Å². The van der Waals surface area contributed by atoms with Gasteiger partial charge < -0.3 is 25.3 Å². The fourth-order valence-corrected chi connectivity index (χ4v) is 5.43. The first-order valence-electron chi connectivity index (χ1n) is 14.1. The van der Waals surface area contributed by atoms with Crippen molar-refractivity contribution >= 4 is 17.5 Å². The van der Waals surface area contributed by atoms with Gasteiger partial charge in [-0.05, 0) is 71.8 Å². The Balaban J connectivity index is 1.43. The number of methoxy groups -OCH3 is 1. The second-order valence-corrected chi connectivity index (χ2v) is 10.7. The van der Waals surface area contributed by atoms with Gasteiger partial charge in [0.1, 0.15) is 17.1 Å². The van der Waals surface area contributed by atoms with Crippen molar-refractivity contribution in [1.82, 2.24) is 20.2 Å². The lowest BCUT2D eigenvalue weighted by atomic mass is 9.90. The third kappa shape index (κ3) is 6.19. The van der Waals surface area contributed by atoms with E-state index >= 15 is 4.39 Å². The molecular formula is C33H34FN5O4. The van der Waals surface area contributed by atoms with Gasteiger partial charge in [0, 0.05) is 50.0 Å². The predicted molar refractivity (Wildman–Crippen MR) is 164 cm³/mol. The predicted octanol–water partition coefficient (Wildman–Crippen LogP) is 4.50. The van der Waals surface area contributed by atoms with Crippen LogP contribution in [0.15, 0.2) is 65.8 Å². The first-order valence-corrected chi connectivity index (χ1v) is 14.1. The Labute approximate surface area is 249 Å². The molecule has 1 fully saturated rings. The highest BCUT2D eigenvalue weighted by atomic mass is 19.1. The molecule has 1 aliphatic rings. The SMILES string of the molecule is COc1cc(-c2cccc(-c3cccc(NC(=O)c4cncn(C)c4=O)c3C)c2C)cc(F)c1CNC1CCC(=O)NC1. The molecule has 1 atom stereocenters. The fraction of sp³-hybridized carbons (Fsp3) is 0.273. The van der Waals surface area contributed by atoms with E-state index in [1.165, 1.54) is 30.3 Å². The molecule has 43 heavy (non-hydrogen) atoms. The maximum Gasteiger partial charge on any atom is 0.265 e. The number of nitrogens with one attached hydrogen (secondary N) is 3. The highest BCUT2D eigenvalue weighted by Crippen LogP contribution is 2.37. The lowest BCUT2D eigenvalue weighted by molar-refractivity contribution is -0.122. The molecule has 1 aliphatic heterocycles. The number of anilines is 1. The van der Waals surface area contributed by atoms with E-state index in [4.69, 9.17) is 4.74 Å². The summed E-state index contributed by atoms with van der Waals surface area (Å²) in [5.74, 6) is -0.444. The number of hydrogen-bond donors (Lipinski definition) is 3. The van der Waals surface area contributed by atoms with E-state index in [9.17, 15) is 14.4 Å². The van der Waals surface area contributed by atoms with E-state index in [1.807, 2.05) is 50.2 Å². The highest BCUT2D eigenvalue weighted by Gasteiger charge is 2.21. The van der Waals surface area contributed by atoms with Crippen LogP contribution in [-0.2, 0) is 18.4 Å². The second kappa shape index (κ2) is 12.6. The molecule has 0 spiro atoms. The van der Waals surface area contributed by atoms with Gasteiger partial charge in [-0.25, -0.2) is 9.37 Å². The standard InChI is InChI=1S/C33H34FN5O4/c1-19-23(21-13-28(34)26(30(14-21)43-4)17-36-22-11-12-31(40)37-15-22)7-5-8-24(19)25-9-6-10-29(20(25)2)38-32(41)27-16-35-18-39(3)33(27)42/h5-10,13-14,16,18,22,36H,11-12,15,17H2,1-4H3,(H,37,40)(H,38,41). The molecule has 222 valence electrons. The van der Waals surface area contributed by atoms with E-state index in [0.717, 1.165) is 27.8 Å². The minimum absolute atomic E-state index is 0.0345. The molecule has 0 bridgehead atoms. The summed E-state index contributed by atoms with van der Waals surface area (Å²) >= 11 is 0. The van der Waals surface area contributed by atoms with Crippen LogP contribution in [0.25, 0.3) is 22.3 Å². The zero-order valence-electron chi connectivity index (χ0n) is 24.6. The zero-order chi connectivity index (χ0) is 30.7. The topological polar surface area (TPSA) is 114 Å². The van der Waals surface area contributed by atoms with E-state index in [1.54, 1.807) is 13.1 Å². The molecule has 1 unspecified atom stereocenters. The van der Waals surface area contributed by atoms with Gasteiger partial charge >= 0.3 is 0 Å². The summed E-state index contributed by atoms with van der Waals surface area (Å²) in [7, 11) is 3.07. The monoisotopic (exact) mass is 583 g/mol. The van der Waals surface area contributed by atoms with Crippen molar-refractivity contribution in [3.63, 3.8) is 0 Å². The van der Waals surface area contributed by atoms with Gasteiger partial charge in [0.05, 0.1) is 13.4 Å². The number of carbonyl (C=O) groups is 2. The normalized spacial score (nSPS) is 14.7. The summed E-state index contributed by atoms with van der Waals surface area (Å²) in [6, 6.07) is 14.9. The van der Waals surface area contributed by atoms with E-state index in [0.29, 0.717) is 42.0 Å². The second-order valence-electron chi connectivity index (χ2n) is 10.7. The van der Waals surface area contributed by atoms with Crippen molar-refractivity contribution in [3.8, 4) is 28.0 Å². The van der Waals surface area contributed by atoms with Crippen LogP contribution in [0.2, 0.25) is 0 Å². The first-order chi connectivity index (χ1) is 20.7. The van der Waals surface area contributed by atoms with Crippen LogP contribution in [0.3, 0.4) is 0 Å². The Morgan fingerprint density at radius 2 is 1.81 bits per heavy atom. The number of rotatable bonds is 8. The van der Waals surface area contributed by atoms with Gasteiger partial charge in [-0.3, -0.25) is 14.4 Å². The minimum atomic E-state index is -0.537. The number of hydrogen-bond acceptors (Lipinski definition) is 6. The molecule has 2 amide bonds. The number of benzene rings is 3. The number of amides is 2. The smallest absolute Gasteiger partial charge is 0.265 e. The maximum absolute atomic E-state index is 15.5. The van der Waals surface area contributed by atoms with Gasteiger partial charge in [0.25, 0.3) is 11.5 Å². The van der Waals surface area contributed by atoms with Crippen LogP contribution < -0.4 is 26.2 Å². The number of aromatic nitrogens is 2. The first kappa shape index (κ1) is 29.7. The van der Waals surface area contributed by atoms with Crippen LogP contribution in [-0.4, -0.2) is 41.1 Å². The van der Waals surface area contributed by atoms with Gasteiger partial charge in [0.15, 0.2) is 0 Å². The Kier molecular flexibility index (Phi) is 8.68. The molecule has 4 aromatic rings. The van der Waals surface area contributed by atoms with Crippen molar-refractivity contribution in [3.05, 3.63) is 99.5 Å². The summed E-state index contributed by atoms with van der Waals surface area (Å²) in [6.07, 6.45) is 3.76. The largest absolute Gasteiger partial charge is 0.496 e. The molecule has 3 aromatic carbocycles. The minimum Gasteiger partial charge on any atom is -0.496 e. The summed E-state index contributed by atoms with van der Waals surface area (Å²) in [5, 5.41) is 9.01. The molecule has 9 nitrogen and oxygen atoms in total. The molecule has 3 N–H and O–H groups in total. The number of ether oxygens (including phenoxy) is 1. The quantitative estimate of drug-likeness (QED) is 0.282. The number of nitrogens with zero attached hydrogens (tertiary/aromatic N) is 2. The van der Waals surface area contributed by atoms with Crippen LogP contribution in [0.4, 0.5) is 10.1 Å². The summed E-state index contributed by atoms with van der Waals surface area (Å²) in [4.78, 5) is 40.7. The van der Waals surface area contributed by atoms with E-state index in [-0.39, 0.29) is 29.9 Å². The zero-order valence-corrected chi connectivity index (χ0v) is 24.6. The molecule has 0 radical (unpaired) electrons. The highest BCUT2D eigenvalue weighted by molar-refractivity contribution is 6.04. The Hall–Kier alpha value is -4.83. The number of piperidine rings is 1. The third-order valence-corrected chi connectivity index (χ3v) is 7.96. The third-order valence-electron chi connectivity index (χ3n) is 7.96. The van der Waals surface area contributed by atoms with Crippen molar-refractivity contribution in [2.24, 2.45) is 7.05 Å². The van der Waals surface area contributed by atoms with Gasteiger partial charge in [-0.1, -0.05) is 30.3 Å². The van der Waals surface area contributed by atoms with Crippen molar-refractivity contribution < 1.29 is 18.7 Å². The molecule has 1 saturated heterocycles. The average molecular weight is 584 g/mol. The summed E-state index contributed by atoms with van der Waals surface area (Å²) < 4.78 is 22.4. The fourth-order valence-electron chi connectivity index (χ4n) is 5.43. The molecule has 1 aromatic heterocycles. The Morgan fingerprint density at radius 1 is 1.09 bits per heavy atom. The molecule has 0 aliphatic carbocycles. The summed E-state index contributed by atoms with van der Waals surface area (Å²) in [6.45, 7) is 4.67. The number of halogens is 1. The Bertz CT molecular complexity index is 1760. The van der Waals surface area contributed by atoms with Crippen LogP contribution in [0.1, 0.15) is 39.9 Å². The number of carbonyl (C=O) groups excluding carboxylic acids is 2. The average Bonchev–Trinajstić information content (AvgIpc) is 2.99. The molecular weight excluding hydrogens is 549 g/mol. The molecule has 2 heterocycles. The van der Waals surface area contributed by atoms with Crippen LogP contribution >= 0.6 is 0 Å². The van der Waals surface area contributed by atoms with Crippen molar-refractivity contribution in [2.75, 3.05) is 19.0 Å².